The molecule has 0 radical (unpaired) electrons. The van der Waals surface area contributed by atoms with Crippen molar-refractivity contribution in [2.45, 2.75) is 6.54 Å². The van der Waals surface area contributed by atoms with Gasteiger partial charge in [0, 0.05) is 23.3 Å². The van der Waals surface area contributed by atoms with Gasteiger partial charge in [-0.1, -0.05) is 12.1 Å². The molecule has 3 rings (SSSR count). The van der Waals surface area contributed by atoms with Crippen LogP contribution in [0.15, 0.2) is 36.8 Å². The van der Waals surface area contributed by atoms with Gasteiger partial charge in [0.1, 0.15) is 12.4 Å². The van der Waals surface area contributed by atoms with Crippen LogP contribution in [0.25, 0.3) is 22.3 Å². The van der Waals surface area contributed by atoms with Crippen LogP contribution in [0.3, 0.4) is 0 Å². The second kappa shape index (κ2) is 3.99. The number of carbonyl (C=O) groups excluding carboxylic acids is 1. The number of primary amides is 1. The van der Waals surface area contributed by atoms with Gasteiger partial charge < -0.3 is 10.3 Å². The number of amides is 1. The summed E-state index contributed by atoms with van der Waals surface area (Å²) < 4.78 is 1.72. The van der Waals surface area contributed by atoms with Crippen LogP contribution in [0.5, 0.6) is 0 Å². The average Bonchev–Trinajstić information content (AvgIpc) is 2.95. The molecular formula is C12H11N5O. The molecule has 0 saturated heterocycles. The van der Waals surface area contributed by atoms with Crippen molar-refractivity contribution in [3.63, 3.8) is 0 Å². The minimum atomic E-state index is -0.392. The van der Waals surface area contributed by atoms with Gasteiger partial charge in [-0.05, 0) is 6.07 Å². The van der Waals surface area contributed by atoms with E-state index in [1.807, 2.05) is 18.2 Å². The summed E-state index contributed by atoms with van der Waals surface area (Å²) in [6, 6.07) is 5.84. The Morgan fingerprint density at radius 2 is 2.33 bits per heavy atom. The number of nitrogens with two attached hydrogens (primary N) is 1. The first kappa shape index (κ1) is 10.5. The van der Waals surface area contributed by atoms with E-state index < -0.39 is 5.91 Å². The van der Waals surface area contributed by atoms with E-state index >= 15 is 0 Å². The smallest absolute Gasteiger partial charge is 0.237 e. The predicted molar refractivity (Wildman–Crippen MR) is 66.5 cm³/mol. The van der Waals surface area contributed by atoms with Crippen LogP contribution in [0.4, 0.5) is 0 Å². The SMILES string of the molecule is NC(=O)Cn1ccnc1-c1ccc2cn[nH]c2c1. The number of hydrogen-bond acceptors (Lipinski definition) is 3. The molecule has 1 aromatic carbocycles. The van der Waals surface area contributed by atoms with Crippen LogP contribution in [-0.2, 0) is 11.3 Å². The Morgan fingerprint density at radius 3 is 3.17 bits per heavy atom. The maximum absolute atomic E-state index is 11.0. The van der Waals surface area contributed by atoms with Crippen molar-refractivity contribution in [1.82, 2.24) is 19.7 Å². The van der Waals surface area contributed by atoms with Gasteiger partial charge in [-0.3, -0.25) is 9.89 Å². The van der Waals surface area contributed by atoms with Crippen LogP contribution >= 0.6 is 0 Å². The summed E-state index contributed by atoms with van der Waals surface area (Å²) in [4.78, 5) is 15.2. The molecule has 2 heterocycles. The Kier molecular flexibility index (Phi) is 2.33. The minimum absolute atomic E-state index is 0.121. The van der Waals surface area contributed by atoms with Crippen LogP contribution in [0.1, 0.15) is 0 Å². The highest BCUT2D eigenvalue weighted by Gasteiger charge is 2.08. The first-order chi connectivity index (χ1) is 8.74. The van der Waals surface area contributed by atoms with E-state index in [9.17, 15) is 4.79 Å². The molecule has 6 heteroatoms. The van der Waals surface area contributed by atoms with E-state index in [1.54, 1.807) is 23.2 Å². The van der Waals surface area contributed by atoms with Gasteiger partial charge in [0.25, 0.3) is 0 Å². The molecule has 0 unspecified atom stereocenters. The molecule has 3 aromatic rings. The van der Waals surface area contributed by atoms with E-state index in [2.05, 4.69) is 15.2 Å². The number of hydrogen-bond donors (Lipinski definition) is 2. The zero-order valence-electron chi connectivity index (χ0n) is 9.50. The molecular weight excluding hydrogens is 230 g/mol. The third kappa shape index (κ3) is 1.73. The molecule has 0 aliphatic carbocycles. The number of fused-ring (bicyclic) bond motifs is 1. The van der Waals surface area contributed by atoms with E-state index in [1.165, 1.54) is 0 Å². The maximum atomic E-state index is 11.0. The zero-order valence-corrected chi connectivity index (χ0v) is 9.50. The highest BCUT2D eigenvalue weighted by Crippen LogP contribution is 2.21. The predicted octanol–water partition coefficient (Wildman–Crippen LogP) is 0.912. The zero-order chi connectivity index (χ0) is 12.5. The van der Waals surface area contributed by atoms with Gasteiger partial charge in [0.2, 0.25) is 5.91 Å². The highest BCUT2D eigenvalue weighted by atomic mass is 16.1. The van der Waals surface area contributed by atoms with Crippen LogP contribution in [-0.4, -0.2) is 25.7 Å². The van der Waals surface area contributed by atoms with Crippen LogP contribution < -0.4 is 5.73 Å². The monoisotopic (exact) mass is 241 g/mol. The van der Waals surface area contributed by atoms with E-state index in [0.717, 1.165) is 16.5 Å². The molecule has 0 atom stereocenters. The quantitative estimate of drug-likeness (QED) is 0.714. The summed E-state index contributed by atoms with van der Waals surface area (Å²) in [5.41, 5.74) is 7.05. The Bertz CT molecular complexity index is 712. The number of nitrogens with zero attached hydrogens (tertiary/aromatic N) is 3. The third-order valence-electron chi connectivity index (χ3n) is 2.74. The molecule has 0 aliphatic rings. The number of nitrogens with one attached hydrogen (secondary N) is 1. The van der Waals surface area contributed by atoms with Crippen molar-refractivity contribution in [2.75, 3.05) is 0 Å². The molecule has 18 heavy (non-hydrogen) atoms. The third-order valence-corrected chi connectivity index (χ3v) is 2.74. The van der Waals surface area contributed by atoms with E-state index in [4.69, 9.17) is 5.73 Å². The molecule has 90 valence electrons. The van der Waals surface area contributed by atoms with Crippen molar-refractivity contribution in [3.8, 4) is 11.4 Å². The molecule has 0 saturated carbocycles. The largest absolute Gasteiger partial charge is 0.368 e. The van der Waals surface area contributed by atoms with Crippen LogP contribution in [0, 0.1) is 0 Å². The van der Waals surface area contributed by atoms with Gasteiger partial charge in [-0.25, -0.2) is 4.98 Å². The normalized spacial score (nSPS) is 10.9. The van der Waals surface area contributed by atoms with Gasteiger partial charge in [-0.15, -0.1) is 0 Å². The Labute approximate surface area is 102 Å². The summed E-state index contributed by atoms with van der Waals surface area (Å²) in [5, 5.41) is 7.91. The van der Waals surface area contributed by atoms with Crippen molar-refractivity contribution in [2.24, 2.45) is 5.73 Å². The standard InChI is InChI=1S/C12H11N5O/c13-11(18)7-17-4-3-14-12(17)8-1-2-9-6-15-16-10(9)5-8/h1-6H,7H2,(H2,13,18)(H,15,16). The summed E-state index contributed by atoms with van der Waals surface area (Å²) >= 11 is 0. The molecule has 1 amide bonds. The fraction of sp³-hybridized carbons (Fsp3) is 0.0833. The van der Waals surface area contributed by atoms with Crippen molar-refractivity contribution in [1.29, 1.82) is 0 Å². The second-order valence-electron chi connectivity index (χ2n) is 4.02. The topological polar surface area (TPSA) is 89.6 Å². The van der Waals surface area contributed by atoms with Gasteiger partial charge >= 0.3 is 0 Å². The Morgan fingerprint density at radius 1 is 1.44 bits per heavy atom. The number of H-pyrrole nitrogens is 1. The minimum Gasteiger partial charge on any atom is -0.368 e. The van der Waals surface area contributed by atoms with Gasteiger partial charge in [-0.2, -0.15) is 5.10 Å². The molecule has 0 spiro atoms. The number of rotatable bonds is 3. The Balaban J connectivity index is 2.08. The number of aromatic amines is 1. The maximum Gasteiger partial charge on any atom is 0.237 e. The van der Waals surface area contributed by atoms with Crippen molar-refractivity contribution < 1.29 is 4.79 Å². The fourth-order valence-electron chi connectivity index (χ4n) is 1.94. The summed E-state index contributed by atoms with van der Waals surface area (Å²) in [7, 11) is 0. The number of benzene rings is 1. The van der Waals surface area contributed by atoms with Crippen LogP contribution in [0.2, 0.25) is 0 Å². The average molecular weight is 241 g/mol. The number of carbonyl (C=O) groups is 1. The summed E-state index contributed by atoms with van der Waals surface area (Å²) in [6.07, 6.45) is 5.14. The lowest BCUT2D eigenvalue weighted by Crippen LogP contribution is -2.18. The first-order valence-corrected chi connectivity index (χ1v) is 5.47. The number of aromatic nitrogens is 4. The molecule has 0 fully saturated rings. The van der Waals surface area contributed by atoms with Crippen molar-refractivity contribution >= 4 is 16.8 Å². The fourth-order valence-corrected chi connectivity index (χ4v) is 1.94. The number of imidazole rings is 1. The van der Waals surface area contributed by atoms with Crippen molar-refractivity contribution in [3.05, 3.63) is 36.8 Å². The summed E-state index contributed by atoms with van der Waals surface area (Å²) in [6.45, 7) is 0.121. The molecule has 3 N–H and O–H groups in total. The van der Waals surface area contributed by atoms with Gasteiger partial charge in [0.05, 0.1) is 11.7 Å². The van der Waals surface area contributed by atoms with E-state index in [-0.39, 0.29) is 6.54 Å². The lowest BCUT2D eigenvalue weighted by Gasteiger charge is -2.05. The molecule has 2 aromatic heterocycles. The molecule has 0 bridgehead atoms. The van der Waals surface area contributed by atoms with Gasteiger partial charge in [0.15, 0.2) is 0 Å². The molecule has 0 aliphatic heterocycles. The molecule has 6 nitrogen and oxygen atoms in total. The highest BCUT2D eigenvalue weighted by molar-refractivity contribution is 5.83. The Hall–Kier alpha value is -2.63. The van der Waals surface area contributed by atoms with E-state index in [0.29, 0.717) is 5.82 Å². The summed E-state index contributed by atoms with van der Waals surface area (Å²) in [5.74, 6) is 0.321. The second-order valence-corrected chi connectivity index (χ2v) is 4.02. The lowest BCUT2D eigenvalue weighted by molar-refractivity contribution is -0.118. The lowest BCUT2D eigenvalue weighted by atomic mass is 10.1. The first-order valence-electron chi connectivity index (χ1n) is 5.47.